The van der Waals surface area contributed by atoms with Crippen LogP contribution in [0.25, 0.3) is 0 Å². The summed E-state index contributed by atoms with van der Waals surface area (Å²) in [6.07, 6.45) is 7.03. The molecular formula is C10H16N2. The molecule has 2 atom stereocenters. The van der Waals surface area contributed by atoms with Crippen molar-refractivity contribution in [2.75, 3.05) is 7.05 Å². The first-order valence-electron chi connectivity index (χ1n) is 5.17. The van der Waals surface area contributed by atoms with Crippen molar-refractivity contribution in [3.8, 4) is 0 Å². The molecule has 1 unspecified atom stereocenters. The predicted molar refractivity (Wildman–Crippen MR) is 49.1 cm³/mol. The number of nitrogens with zero attached hydrogens (tertiary/aromatic N) is 2. The summed E-state index contributed by atoms with van der Waals surface area (Å²) in [6.45, 7) is 0. The molecule has 0 radical (unpaired) electrons. The number of hydrogen-bond acceptors (Lipinski definition) is 2. The minimum atomic E-state index is 0.778. The Morgan fingerprint density at radius 2 is 2.08 bits per heavy atom. The van der Waals surface area contributed by atoms with Crippen LogP contribution in [0.4, 0.5) is 0 Å². The minimum absolute atomic E-state index is 0.778. The van der Waals surface area contributed by atoms with Crippen LogP contribution < -0.4 is 0 Å². The van der Waals surface area contributed by atoms with E-state index in [1.54, 1.807) is 5.71 Å². The van der Waals surface area contributed by atoms with Gasteiger partial charge in [-0.2, -0.15) is 5.10 Å². The monoisotopic (exact) mass is 164 g/mol. The summed E-state index contributed by atoms with van der Waals surface area (Å²) in [5, 5.41) is 6.91. The molecule has 0 aromatic rings. The van der Waals surface area contributed by atoms with Gasteiger partial charge in [-0.15, -0.1) is 0 Å². The van der Waals surface area contributed by atoms with E-state index in [4.69, 9.17) is 0 Å². The molecule has 3 rings (SSSR count). The summed E-state index contributed by atoms with van der Waals surface area (Å²) in [5.41, 5.74) is 1.56. The minimum Gasteiger partial charge on any atom is -0.296 e. The fourth-order valence-corrected chi connectivity index (χ4v) is 2.83. The van der Waals surface area contributed by atoms with Gasteiger partial charge in [0.05, 0.1) is 6.04 Å². The molecule has 0 N–H and O–H groups in total. The van der Waals surface area contributed by atoms with Gasteiger partial charge in [0, 0.05) is 18.7 Å². The van der Waals surface area contributed by atoms with Gasteiger partial charge in [0.2, 0.25) is 0 Å². The van der Waals surface area contributed by atoms with Crippen molar-refractivity contribution in [3.05, 3.63) is 0 Å². The first kappa shape index (κ1) is 6.93. The molecule has 0 spiro atoms. The van der Waals surface area contributed by atoms with Crippen molar-refractivity contribution in [1.29, 1.82) is 0 Å². The van der Waals surface area contributed by atoms with Crippen LogP contribution in [0.2, 0.25) is 0 Å². The van der Waals surface area contributed by atoms with Gasteiger partial charge < -0.3 is 0 Å². The summed E-state index contributed by atoms with van der Waals surface area (Å²) in [4.78, 5) is 0. The zero-order valence-electron chi connectivity index (χ0n) is 7.66. The second kappa shape index (κ2) is 2.24. The molecule has 2 saturated carbocycles. The van der Waals surface area contributed by atoms with Crippen LogP contribution in [-0.4, -0.2) is 23.8 Å². The third kappa shape index (κ3) is 0.838. The Bertz CT molecular complexity index is 230. The second-order valence-electron chi connectivity index (χ2n) is 4.48. The molecule has 0 aromatic heterocycles. The van der Waals surface area contributed by atoms with Crippen LogP contribution >= 0.6 is 0 Å². The van der Waals surface area contributed by atoms with E-state index in [-0.39, 0.29) is 0 Å². The normalized spacial score (nSPS) is 40.1. The molecule has 2 fully saturated rings. The average Bonchev–Trinajstić information content (AvgIpc) is 2.68. The summed E-state index contributed by atoms with van der Waals surface area (Å²) in [5.74, 6) is 1.74. The van der Waals surface area contributed by atoms with Gasteiger partial charge in [-0.05, 0) is 31.6 Å². The molecule has 1 aliphatic heterocycles. The number of fused-ring (bicyclic) bond motifs is 1. The third-order valence-corrected chi connectivity index (χ3v) is 3.61. The summed E-state index contributed by atoms with van der Waals surface area (Å²) < 4.78 is 0. The largest absolute Gasteiger partial charge is 0.296 e. The Morgan fingerprint density at radius 1 is 1.25 bits per heavy atom. The molecule has 1 heterocycles. The molecule has 2 nitrogen and oxygen atoms in total. The maximum absolute atomic E-state index is 4.69. The van der Waals surface area contributed by atoms with Crippen molar-refractivity contribution in [2.45, 2.75) is 38.1 Å². The van der Waals surface area contributed by atoms with Gasteiger partial charge in [-0.1, -0.05) is 6.42 Å². The summed E-state index contributed by atoms with van der Waals surface area (Å²) in [7, 11) is 2.15. The van der Waals surface area contributed by atoms with Crippen LogP contribution in [0.3, 0.4) is 0 Å². The first-order valence-corrected chi connectivity index (χ1v) is 5.17. The fourth-order valence-electron chi connectivity index (χ4n) is 2.83. The quantitative estimate of drug-likeness (QED) is 0.577. The van der Waals surface area contributed by atoms with Crippen molar-refractivity contribution in [2.24, 2.45) is 16.9 Å². The van der Waals surface area contributed by atoms with E-state index < -0.39 is 0 Å². The smallest absolute Gasteiger partial charge is 0.0548 e. The molecule has 2 heteroatoms. The topological polar surface area (TPSA) is 15.6 Å². The van der Waals surface area contributed by atoms with Crippen molar-refractivity contribution < 1.29 is 0 Å². The number of hydrogen-bond donors (Lipinski definition) is 0. The molecule has 66 valence electrons. The standard InChI is InChI=1S/C10H16N2/c1-12-9-4-2-3-8(9)10(11-12)7-5-6-7/h7-9H,2-6H2,1H3/t8?,9-/m1/s1. The highest BCUT2D eigenvalue weighted by Crippen LogP contribution is 2.43. The van der Waals surface area contributed by atoms with Gasteiger partial charge in [0.25, 0.3) is 0 Å². The van der Waals surface area contributed by atoms with E-state index in [0.717, 1.165) is 17.9 Å². The van der Waals surface area contributed by atoms with Crippen LogP contribution in [0.5, 0.6) is 0 Å². The highest BCUT2D eigenvalue weighted by Gasteiger charge is 2.44. The summed E-state index contributed by atoms with van der Waals surface area (Å²) >= 11 is 0. The molecule has 0 bridgehead atoms. The zero-order chi connectivity index (χ0) is 8.13. The molecule has 2 aliphatic carbocycles. The van der Waals surface area contributed by atoms with Crippen LogP contribution in [-0.2, 0) is 0 Å². The highest BCUT2D eigenvalue weighted by molar-refractivity contribution is 5.92. The van der Waals surface area contributed by atoms with Crippen molar-refractivity contribution >= 4 is 5.71 Å². The van der Waals surface area contributed by atoms with E-state index in [1.807, 2.05) is 0 Å². The van der Waals surface area contributed by atoms with Crippen LogP contribution in [0.1, 0.15) is 32.1 Å². The fraction of sp³-hybridized carbons (Fsp3) is 0.900. The maximum Gasteiger partial charge on any atom is 0.0548 e. The lowest BCUT2D eigenvalue weighted by Crippen LogP contribution is -2.26. The van der Waals surface area contributed by atoms with E-state index in [1.165, 1.54) is 32.1 Å². The summed E-state index contributed by atoms with van der Waals surface area (Å²) in [6, 6.07) is 0.778. The van der Waals surface area contributed by atoms with Crippen LogP contribution in [0.15, 0.2) is 5.10 Å². The first-order chi connectivity index (χ1) is 5.86. The van der Waals surface area contributed by atoms with Crippen molar-refractivity contribution in [3.63, 3.8) is 0 Å². The van der Waals surface area contributed by atoms with E-state index in [9.17, 15) is 0 Å². The maximum atomic E-state index is 4.69. The molecular weight excluding hydrogens is 148 g/mol. The van der Waals surface area contributed by atoms with E-state index in [0.29, 0.717) is 0 Å². The third-order valence-electron chi connectivity index (χ3n) is 3.61. The highest BCUT2D eigenvalue weighted by atomic mass is 15.5. The predicted octanol–water partition coefficient (Wildman–Crippen LogP) is 1.87. The lowest BCUT2D eigenvalue weighted by atomic mass is 9.96. The Hall–Kier alpha value is -0.530. The Balaban J connectivity index is 1.87. The lowest BCUT2D eigenvalue weighted by Gasteiger charge is -2.17. The van der Waals surface area contributed by atoms with Gasteiger partial charge >= 0.3 is 0 Å². The lowest BCUT2D eigenvalue weighted by molar-refractivity contribution is 0.266. The van der Waals surface area contributed by atoms with Gasteiger partial charge in [0.1, 0.15) is 0 Å². The SMILES string of the molecule is CN1N=C(C2CC2)C2CCC[C@H]21. The molecule has 3 aliphatic rings. The molecule has 12 heavy (non-hydrogen) atoms. The Kier molecular flexibility index (Phi) is 1.29. The van der Waals surface area contributed by atoms with Crippen LogP contribution in [0, 0.1) is 11.8 Å². The molecule has 0 saturated heterocycles. The van der Waals surface area contributed by atoms with Gasteiger partial charge in [-0.3, -0.25) is 5.01 Å². The zero-order valence-corrected chi connectivity index (χ0v) is 7.66. The van der Waals surface area contributed by atoms with Crippen molar-refractivity contribution in [1.82, 2.24) is 5.01 Å². The number of rotatable bonds is 1. The van der Waals surface area contributed by atoms with E-state index in [2.05, 4.69) is 17.2 Å². The Labute approximate surface area is 73.6 Å². The number of hydrazone groups is 1. The van der Waals surface area contributed by atoms with Gasteiger partial charge in [0.15, 0.2) is 0 Å². The van der Waals surface area contributed by atoms with Gasteiger partial charge in [-0.25, -0.2) is 0 Å². The Morgan fingerprint density at radius 3 is 2.83 bits per heavy atom. The second-order valence-corrected chi connectivity index (χ2v) is 4.48. The molecule has 0 amide bonds. The molecule has 0 aromatic carbocycles. The van der Waals surface area contributed by atoms with E-state index >= 15 is 0 Å². The average molecular weight is 164 g/mol.